The van der Waals surface area contributed by atoms with Gasteiger partial charge in [-0.1, -0.05) is 25.8 Å². The monoisotopic (exact) mass is 210 g/mol. The van der Waals surface area contributed by atoms with Gasteiger partial charge in [-0.3, -0.25) is 0 Å². The Bertz CT molecular complexity index is 263. The minimum atomic E-state index is 1.06. The Morgan fingerprint density at radius 1 is 1.21 bits per heavy atom. The Hall–Kier alpha value is -0.750. The first-order valence-corrected chi connectivity index (χ1v) is 5.75. The molecule has 1 atom stereocenters. The highest BCUT2D eigenvalue weighted by atomic mass is 31.0. The lowest BCUT2D eigenvalue weighted by atomic mass is 10.2. The fourth-order valence-electron chi connectivity index (χ4n) is 1.33. The smallest absolute Gasteiger partial charge is 0.0389 e. The molecular formula is C11H19N2P. The van der Waals surface area contributed by atoms with Crippen LogP contribution in [-0.2, 0) is 0 Å². The molecule has 0 radical (unpaired) electrons. The molecule has 0 aliphatic heterocycles. The summed E-state index contributed by atoms with van der Waals surface area (Å²) in [7, 11) is 2.50. The van der Waals surface area contributed by atoms with Gasteiger partial charge in [0.2, 0.25) is 0 Å². The molecule has 14 heavy (non-hydrogen) atoms. The third-order valence-electron chi connectivity index (χ3n) is 2.14. The average molecular weight is 210 g/mol. The second-order valence-electron chi connectivity index (χ2n) is 3.36. The number of hydrogen-bond donors (Lipinski definition) is 2. The second kappa shape index (κ2) is 6.67. The van der Waals surface area contributed by atoms with Crippen LogP contribution in [0.3, 0.4) is 0 Å². The molecule has 0 aromatic heterocycles. The van der Waals surface area contributed by atoms with E-state index in [9.17, 15) is 0 Å². The van der Waals surface area contributed by atoms with Gasteiger partial charge in [0.25, 0.3) is 0 Å². The molecule has 0 saturated carbocycles. The molecule has 1 rings (SSSR count). The highest BCUT2D eigenvalue weighted by Crippen LogP contribution is 2.16. The van der Waals surface area contributed by atoms with Gasteiger partial charge >= 0.3 is 0 Å². The standard InChI is InChI=1S/C11H19N2P/c1-2-3-4-8-12-10-6-5-7-11(9-10)13-14/h5-7,9,12-13H,2-4,8,14H2,1H3. The molecule has 0 heterocycles. The number of unbranched alkanes of at least 4 members (excludes halogenated alkanes) is 2. The van der Waals surface area contributed by atoms with E-state index >= 15 is 0 Å². The van der Waals surface area contributed by atoms with Crippen LogP contribution < -0.4 is 10.4 Å². The molecule has 2 nitrogen and oxygen atoms in total. The van der Waals surface area contributed by atoms with E-state index in [4.69, 9.17) is 0 Å². The van der Waals surface area contributed by atoms with Gasteiger partial charge < -0.3 is 10.4 Å². The predicted octanol–water partition coefficient (Wildman–Crippen LogP) is 3.49. The second-order valence-corrected chi connectivity index (χ2v) is 3.65. The van der Waals surface area contributed by atoms with Crippen LogP contribution in [0.15, 0.2) is 24.3 Å². The lowest BCUT2D eigenvalue weighted by molar-refractivity contribution is 0.744. The maximum Gasteiger partial charge on any atom is 0.0389 e. The summed E-state index contributed by atoms with van der Waals surface area (Å²) in [5.74, 6) is 0. The normalized spacial score (nSPS) is 9.86. The third kappa shape index (κ3) is 3.97. The third-order valence-corrected chi connectivity index (χ3v) is 2.47. The van der Waals surface area contributed by atoms with Gasteiger partial charge in [-0.25, -0.2) is 0 Å². The fraction of sp³-hybridized carbons (Fsp3) is 0.455. The lowest BCUT2D eigenvalue weighted by Crippen LogP contribution is -2.01. The molecule has 78 valence electrons. The van der Waals surface area contributed by atoms with Crippen LogP contribution in [0.4, 0.5) is 11.4 Å². The van der Waals surface area contributed by atoms with Crippen LogP contribution in [-0.4, -0.2) is 6.54 Å². The number of hydrogen-bond acceptors (Lipinski definition) is 2. The van der Waals surface area contributed by atoms with Gasteiger partial charge in [-0.2, -0.15) is 0 Å². The van der Waals surface area contributed by atoms with Crippen LogP contribution in [0.1, 0.15) is 26.2 Å². The first kappa shape index (κ1) is 11.3. The molecule has 0 amide bonds. The number of benzene rings is 1. The maximum atomic E-state index is 3.40. The molecule has 1 aromatic rings. The summed E-state index contributed by atoms with van der Waals surface area (Å²) in [4.78, 5) is 0. The molecule has 3 heteroatoms. The van der Waals surface area contributed by atoms with E-state index in [2.05, 4.69) is 44.9 Å². The van der Waals surface area contributed by atoms with E-state index in [0.29, 0.717) is 0 Å². The molecule has 0 saturated heterocycles. The average Bonchev–Trinajstić information content (AvgIpc) is 2.25. The molecule has 0 aliphatic carbocycles. The molecule has 0 aliphatic rings. The van der Waals surface area contributed by atoms with Crippen molar-refractivity contribution in [2.45, 2.75) is 26.2 Å². The minimum absolute atomic E-state index is 1.06. The van der Waals surface area contributed by atoms with Gasteiger partial charge in [0.05, 0.1) is 0 Å². The molecular weight excluding hydrogens is 191 g/mol. The lowest BCUT2D eigenvalue weighted by Gasteiger charge is -2.07. The van der Waals surface area contributed by atoms with Crippen LogP contribution >= 0.6 is 9.39 Å². The Balaban J connectivity index is 2.34. The van der Waals surface area contributed by atoms with Crippen molar-refractivity contribution in [1.82, 2.24) is 0 Å². The molecule has 2 N–H and O–H groups in total. The van der Waals surface area contributed by atoms with E-state index in [1.165, 1.54) is 24.9 Å². The zero-order valence-corrected chi connectivity index (χ0v) is 9.87. The largest absolute Gasteiger partial charge is 0.385 e. The molecule has 0 fully saturated rings. The first-order chi connectivity index (χ1) is 6.86. The van der Waals surface area contributed by atoms with E-state index in [-0.39, 0.29) is 0 Å². The Morgan fingerprint density at radius 3 is 2.71 bits per heavy atom. The first-order valence-electron chi connectivity index (χ1n) is 5.17. The van der Waals surface area contributed by atoms with Crippen molar-refractivity contribution in [2.75, 3.05) is 16.9 Å². The minimum Gasteiger partial charge on any atom is -0.385 e. The SMILES string of the molecule is CCCCCNc1cccc(NP)c1. The van der Waals surface area contributed by atoms with Gasteiger partial charge in [0, 0.05) is 17.9 Å². The van der Waals surface area contributed by atoms with Crippen molar-refractivity contribution in [2.24, 2.45) is 0 Å². The van der Waals surface area contributed by atoms with Gasteiger partial charge in [0.15, 0.2) is 0 Å². The van der Waals surface area contributed by atoms with E-state index < -0.39 is 0 Å². The number of rotatable bonds is 6. The van der Waals surface area contributed by atoms with Crippen molar-refractivity contribution < 1.29 is 0 Å². The van der Waals surface area contributed by atoms with E-state index in [1.54, 1.807) is 0 Å². The summed E-state index contributed by atoms with van der Waals surface area (Å²) >= 11 is 0. The van der Waals surface area contributed by atoms with Crippen molar-refractivity contribution in [3.63, 3.8) is 0 Å². The van der Waals surface area contributed by atoms with Crippen molar-refractivity contribution in [1.29, 1.82) is 0 Å². The highest BCUT2D eigenvalue weighted by molar-refractivity contribution is 7.18. The molecule has 1 aromatic carbocycles. The Kier molecular flexibility index (Phi) is 5.39. The van der Waals surface area contributed by atoms with Gasteiger partial charge in [0.1, 0.15) is 0 Å². The summed E-state index contributed by atoms with van der Waals surface area (Å²) in [6.07, 6.45) is 3.82. The zero-order chi connectivity index (χ0) is 10.2. The Labute approximate surface area is 88.7 Å². The fourth-order valence-corrected chi connectivity index (χ4v) is 1.51. The topological polar surface area (TPSA) is 24.1 Å². The predicted molar refractivity (Wildman–Crippen MR) is 67.8 cm³/mol. The zero-order valence-electron chi connectivity index (χ0n) is 8.72. The highest BCUT2D eigenvalue weighted by Gasteiger charge is 1.92. The van der Waals surface area contributed by atoms with Gasteiger partial charge in [-0.05, 0) is 34.0 Å². The Morgan fingerprint density at radius 2 is 2.00 bits per heavy atom. The summed E-state index contributed by atoms with van der Waals surface area (Å²) in [6, 6.07) is 8.30. The molecule has 0 bridgehead atoms. The number of nitrogens with one attached hydrogen (secondary N) is 2. The molecule has 1 unspecified atom stereocenters. The van der Waals surface area contributed by atoms with E-state index in [0.717, 1.165) is 12.2 Å². The van der Waals surface area contributed by atoms with Crippen LogP contribution in [0.25, 0.3) is 0 Å². The summed E-state index contributed by atoms with van der Waals surface area (Å²) in [5, 5.41) is 6.45. The maximum absolute atomic E-state index is 3.40. The van der Waals surface area contributed by atoms with E-state index in [1.807, 2.05) is 6.07 Å². The van der Waals surface area contributed by atoms with Crippen LogP contribution in [0, 0.1) is 0 Å². The molecule has 0 spiro atoms. The summed E-state index contributed by atoms with van der Waals surface area (Å²) in [5.41, 5.74) is 2.31. The number of anilines is 2. The summed E-state index contributed by atoms with van der Waals surface area (Å²) < 4.78 is 0. The van der Waals surface area contributed by atoms with Crippen LogP contribution in [0.5, 0.6) is 0 Å². The van der Waals surface area contributed by atoms with Crippen LogP contribution in [0.2, 0.25) is 0 Å². The van der Waals surface area contributed by atoms with Gasteiger partial charge in [-0.15, -0.1) is 0 Å². The van der Waals surface area contributed by atoms with Crippen molar-refractivity contribution in [3.8, 4) is 0 Å². The van der Waals surface area contributed by atoms with Crippen molar-refractivity contribution >= 4 is 20.8 Å². The quantitative estimate of drug-likeness (QED) is 0.554. The summed E-state index contributed by atoms with van der Waals surface area (Å²) in [6.45, 7) is 3.28. The van der Waals surface area contributed by atoms with Crippen molar-refractivity contribution in [3.05, 3.63) is 24.3 Å².